The van der Waals surface area contributed by atoms with E-state index in [4.69, 9.17) is 4.74 Å². The van der Waals surface area contributed by atoms with E-state index < -0.39 is 17.7 Å². The molecule has 0 unspecified atom stereocenters. The van der Waals surface area contributed by atoms with Crippen molar-refractivity contribution in [3.8, 4) is 0 Å². The SMILES string of the molecule is CCOC(=O)c1ccc(NC(=O)CC(C)=NNC(=O)c2ccccc2F)cc1. The lowest BCUT2D eigenvalue weighted by Gasteiger charge is -2.07. The van der Waals surface area contributed by atoms with Crippen LogP contribution in [0.4, 0.5) is 10.1 Å². The first kappa shape index (κ1) is 20.8. The first-order chi connectivity index (χ1) is 13.4. The van der Waals surface area contributed by atoms with Crippen LogP contribution in [0.3, 0.4) is 0 Å². The van der Waals surface area contributed by atoms with E-state index in [1.165, 1.54) is 24.3 Å². The molecular formula is C20H20FN3O4. The number of amides is 2. The van der Waals surface area contributed by atoms with Crippen molar-refractivity contribution in [2.24, 2.45) is 5.10 Å². The number of anilines is 1. The molecule has 0 heterocycles. The molecule has 0 saturated carbocycles. The number of hydrogen-bond acceptors (Lipinski definition) is 5. The highest BCUT2D eigenvalue weighted by atomic mass is 19.1. The minimum atomic E-state index is -0.701. The number of nitrogens with zero attached hydrogens (tertiary/aromatic N) is 1. The van der Waals surface area contributed by atoms with Gasteiger partial charge >= 0.3 is 5.97 Å². The van der Waals surface area contributed by atoms with Crippen molar-refractivity contribution in [3.05, 3.63) is 65.5 Å². The molecule has 2 aromatic rings. The molecule has 0 fully saturated rings. The summed E-state index contributed by atoms with van der Waals surface area (Å²) < 4.78 is 18.4. The summed E-state index contributed by atoms with van der Waals surface area (Å²) in [4.78, 5) is 35.5. The Kier molecular flexibility index (Phi) is 7.38. The van der Waals surface area contributed by atoms with Crippen molar-refractivity contribution in [2.45, 2.75) is 20.3 Å². The van der Waals surface area contributed by atoms with Crippen molar-refractivity contribution in [1.29, 1.82) is 0 Å². The second-order valence-corrected chi connectivity index (χ2v) is 5.79. The Bertz CT molecular complexity index is 895. The highest BCUT2D eigenvalue weighted by molar-refractivity contribution is 6.06. The molecule has 146 valence electrons. The minimum absolute atomic E-state index is 0.0722. The smallest absolute Gasteiger partial charge is 0.338 e. The lowest BCUT2D eigenvalue weighted by Crippen LogP contribution is -2.22. The average molecular weight is 385 g/mol. The van der Waals surface area contributed by atoms with E-state index in [1.54, 1.807) is 38.1 Å². The molecule has 0 saturated heterocycles. The molecule has 2 amide bonds. The van der Waals surface area contributed by atoms with Gasteiger partial charge in [0.25, 0.3) is 5.91 Å². The Morgan fingerprint density at radius 3 is 2.39 bits per heavy atom. The highest BCUT2D eigenvalue weighted by Crippen LogP contribution is 2.11. The molecule has 0 bridgehead atoms. The molecule has 0 aliphatic carbocycles. The molecule has 2 N–H and O–H groups in total. The molecule has 2 rings (SSSR count). The van der Waals surface area contributed by atoms with Crippen LogP contribution in [0.2, 0.25) is 0 Å². The van der Waals surface area contributed by atoms with Crippen molar-refractivity contribution < 1.29 is 23.5 Å². The molecule has 28 heavy (non-hydrogen) atoms. The lowest BCUT2D eigenvalue weighted by atomic mass is 10.2. The zero-order valence-corrected chi connectivity index (χ0v) is 15.5. The number of halogens is 1. The maximum absolute atomic E-state index is 13.5. The topological polar surface area (TPSA) is 96.9 Å². The van der Waals surface area contributed by atoms with Crippen LogP contribution in [0, 0.1) is 5.82 Å². The Morgan fingerprint density at radius 1 is 1.07 bits per heavy atom. The van der Waals surface area contributed by atoms with Crippen LogP contribution in [-0.4, -0.2) is 30.1 Å². The van der Waals surface area contributed by atoms with Crippen molar-refractivity contribution >= 4 is 29.2 Å². The second kappa shape index (κ2) is 9.96. The molecule has 0 atom stereocenters. The zero-order valence-electron chi connectivity index (χ0n) is 15.5. The normalized spacial score (nSPS) is 10.9. The molecule has 0 radical (unpaired) electrons. The van der Waals surface area contributed by atoms with Crippen LogP contribution in [0.5, 0.6) is 0 Å². The molecule has 2 aromatic carbocycles. The number of esters is 1. The van der Waals surface area contributed by atoms with Crippen LogP contribution < -0.4 is 10.7 Å². The summed E-state index contributed by atoms with van der Waals surface area (Å²) >= 11 is 0. The van der Waals surface area contributed by atoms with Gasteiger partial charge in [0.1, 0.15) is 5.82 Å². The monoisotopic (exact) mass is 385 g/mol. The number of rotatable bonds is 7. The Morgan fingerprint density at radius 2 is 1.75 bits per heavy atom. The standard InChI is InChI=1S/C20H20FN3O4/c1-3-28-20(27)14-8-10-15(11-9-14)22-18(25)12-13(2)23-24-19(26)16-6-4-5-7-17(16)21/h4-11H,3,12H2,1-2H3,(H,22,25)(H,24,26). The van der Waals surface area contributed by atoms with E-state index in [2.05, 4.69) is 15.8 Å². The summed E-state index contributed by atoms with van der Waals surface area (Å²) in [6.45, 7) is 3.56. The van der Waals surface area contributed by atoms with Crippen LogP contribution in [-0.2, 0) is 9.53 Å². The number of benzene rings is 2. The predicted molar refractivity (Wildman–Crippen MR) is 103 cm³/mol. The summed E-state index contributed by atoms with van der Waals surface area (Å²) in [6.07, 6.45) is -0.0722. The van der Waals surface area contributed by atoms with Gasteiger partial charge in [-0.1, -0.05) is 12.1 Å². The van der Waals surface area contributed by atoms with E-state index in [9.17, 15) is 18.8 Å². The molecule has 0 aromatic heterocycles. The maximum atomic E-state index is 13.5. The first-order valence-corrected chi connectivity index (χ1v) is 8.55. The van der Waals surface area contributed by atoms with Gasteiger partial charge < -0.3 is 10.1 Å². The van der Waals surface area contributed by atoms with Crippen molar-refractivity contribution in [3.63, 3.8) is 0 Å². The third-order valence-electron chi connectivity index (χ3n) is 3.56. The zero-order chi connectivity index (χ0) is 20.5. The number of carbonyl (C=O) groups excluding carboxylic acids is 3. The Balaban J connectivity index is 1.88. The van der Waals surface area contributed by atoms with Crippen molar-refractivity contribution in [1.82, 2.24) is 5.43 Å². The van der Waals surface area contributed by atoms with Crippen LogP contribution in [0.25, 0.3) is 0 Å². The van der Waals surface area contributed by atoms with Gasteiger partial charge in [-0.05, 0) is 50.2 Å². The van der Waals surface area contributed by atoms with Crippen LogP contribution in [0.15, 0.2) is 53.6 Å². The molecular weight excluding hydrogens is 365 g/mol. The van der Waals surface area contributed by atoms with Gasteiger partial charge in [-0.15, -0.1) is 0 Å². The molecule has 7 nitrogen and oxygen atoms in total. The van der Waals surface area contributed by atoms with Crippen LogP contribution >= 0.6 is 0 Å². The number of carbonyl (C=O) groups is 3. The molecule has 8 heteroatoms. The third-order valence-corrected chi connectivity index (χ3v) is 3.56. The number of nitrogens with one attached hydrogen (secondary N) is 2. The maximum Gasteiger partial charge on any atom is 0.338 e. The van der Waals surface area contributed by atoms with Crippen LogP contribution in [0.1, 0.15) is 41.0 Å². The molecule has 0 aliphatic rings. The summed E-state index contributed by atoms with van der Waals surface area (Å²) in [7, 11) is 0. The average Bonchev–Trinajstić information content (AvgIpc) is 2.67. The van der Waals surface area contributed by atoms with Gasteiger partial charge in [0.2, 0.25) is 5.91 Å². The fourth-order valence-corrected chi connectivity index (χ4v) is 2.23. The van der Waals surface area contributed by atoms with E-state index in [0.717, 1.165) is 0 Å². The van der Waals surface area contributed by atoms with E-state index >= 15 is 0 Å². The second-order valence-electron chi connectivity index (χ2n) is 5.79. The summed E-state index contributed by atoms with van der Waals surface area (Å²) in [5, 5.41) is 6.46. The minimum Gasteiger partial charge on any atom is -0.462 e. The number of ether oxygens (including phenoxy) is 1. The summed E-state index contributed by atoms with van der Waals surface area (Å²) in [5.74, 6) is -2.15. The van der Waals surface area contributed by atoms with E-state index in [-0.39, 0.29) is 24.5 Å². The third kappa shape index (κ3) is 6.01. The Labute approximate surface area is 161 Å². The molecule has 0 aliphatic heterocycles. The predicted octanol–water partition coefficient (Wildman–Crippen LogP) is 3.14. The molecule has 0 spiro atoms. The van der Waals surface area contributed by atoms with Gasteiger partial charge in [0.05, 0.1) is 24.2 Å². The Hall–Kier alpha value is -3.55. The number of hydrogen-bond donors (Lipinski definition) is 2. The van der Waals surface area contributed by atoms with Gasteiger partial charge in [-0.2, -0.15) is 5.10 Å². The van der Waals surface area contributed by atoms with Gasteiger partial charge in [-0.25, -0.2) is 14.6 Å². The largest absolute Gasteiger partial charge is 0.462 e. The van der Waals surface area contributed by atoms with Gasteiger partial charge in [-0.3, -0.25) is 9.59 Å². The fourth-order valence-electron chi connectivity index (χ4n) is 2.23. The number of hydrazone groups is 1. The van der Waals surface area contributed by atoms with Gasteiger partial charge in [0, 0.05) is 11.4 Å². The fraction of sp³-hybridized carbons (Fsp3) is 0.200. The summed E-state index contributed by atoms with van der Waals surface area (Å²) in [5.41, 5.74) is 3.31. The van der Waals surface area contributed by atoms with Crippen molar-refractivity contribution in [2.75, 3.05) is 11.9 Å². The van der Waals surface area contributed by atoms with E-state index in [1.807, 2.05) is 0 Å². The summed E-state index contributed by atoms with van der Waals surface area (Å²) in [6, 6.07) is 11.8. The quantitative estimate of drug-likeness (QED) is 0.435. The van der Waals surface area contributed by atoms with E-state index in [0.29, 0.717) is 17.0 Å². The lowest BCUT2D eigenvalue weighted by molar-refractivity contribution is -0.115. The highest BCUT2D eigenvalue weighted by Gasteiger charge is 2.11. The first-order valence-electron chi connectivity index (χ1n) is 8.55. The van der Waals surface area contributed by atoms with Gasteiger partial charge in [0.15, 0.2) is 0 Å².